The van der Waals surface area contributed by atoms with Crippen LogP contribution in [0.2, 0.25) is 0 Å². The zero-order valence-corrected chi connectivity index (χ0v) is 16.0. The van der Waals surface area contributed by atoms with Gasteiger partial charge in [-0.1, -0.05) is 24.3 Å². The van der Waals surface area contributed by atoms with E-state index in [-0.39, 0.29) is 17.2 Å². The maximum atomic E-state index is 12.2. The Bertz CT molecular complexity index is 1130. The molecular weight excluding hydrogens is 348 g/mol. The Morgan fingerprint density at radius 1 is 1.07 bits per heavy atom. The van der Waals surface area contributed by atoms with Crippen LogP contribution in [0.25, 0.3) is 10.9 Å². The minimum atomic E-state index is -0.849. The maximum Gasteiger partial charge on any atom is 0.115 e. The number of aromatic nitrogens is 1. The monoisotopic (exact) mass is 372 g/mol. The molecule has 0 saturated carbocycles. The number of likely N-dealkylation sites (N-methyl/N-ethyl adjacent to an activating group) is 1. The van der Waals surface area contributed by atoms with Gasteiger partial charge in [-0.15, -0.1) is 0 Å². The van der Waals surface area contributed by atoms with Crippen molar-refractivity contribution in [2.45, 2.75) is 42.7 Å². The van der Waals surface area contributed by atoms with E-state index < -0.39 is 5.60 Å². The van der Waals surface area contributed by atoms with Gasteiger partial charge < -0.3 is 15.1 Å². The minimum Gasteiger partial charge on any atom is -0.508 e. The van der Waals surface area contributed by atoms with E-state index in [1.165, 1.54) is 11.1 Å². The summed E-state index contributed by atoms with van der Waals surface area (Å²) in [5.74, 6) is 0.283. The lowest BCUT2D eigenvalue weighted by atomic mass is 9.49. The number of hydrogen-bond donors (Lipinski definition) is 2. The fourth-order valence-corrected chi connectivity index (χ4v) is 6.22. The molecule has 2 bridgehead atoms. The second-order valence-corrected chi connectivity index (χ2v) is 8.94. The van der Waals surface area contributed by atoms with Gasteiger partial charge in [0.1, 0.15) is 5.75 Å². The Kier molecular flexibility index (Phi) is 3.15. The fourth-order valence-electron chi connectivity index (χ4n) is 6.22. The Morgan fingerprint density at radius 3 is 2.82 bits per heavy atom. The lowest BCUT2D eigenvalue weighted by Gasteiger charge is -2.63. The summed E-state index contributed by atoms with van der Waals surface area (Å²) in [7, 11) is 2.13. The molecule has 142 valence electrons. The first-order valence-electron chi connectivity index (χ1n) is 10.1. The largest absolute Gasteiger partial charge is 0.508 e. The summed E-state index contributed by atoms with van der Waals surface area (Å²) >= 11 is 0. The van der Waals surface area contributed by atoms with Crippen LogP contribution in [0.15, 0.2) is 48.5 Å². The number of likely N-dealkylation sites (tertiary alicyclic amines) is 1. The highest BCUT2D eigenvalue weighted by atomic mass is 16.3. The molecule has 4 nitrogen and oxygen atoms in total. The molecule has 0 radical (unpaired) electrons. The Hall–Kier alpha value is -2.43. The van der Waals surface area contributed by atoms with Crippen molar-refractivity contribution in [1.29, 1.82) is 0 Å². The summed E-state index contributed by atoms with van der Waals surface area (Å²) in [4.78, 5) is 7.33. The van der Waals surface area contributed by atoms with Crippen molar-refractivity contribution in [3.8, 4) is 5.75 Å². The van der Waals surface area contributed by atoms with E-state index in [1.807, 2.05) is 24.3 Å². The first-order chi connectivity index (χ1) is 13.5. The summed E-state index contributed by atoms with van der Waals surface area (Å²) in [5.41, 5.74) is 4.42. The Morgan fingerprint density at radius 2 is 1.93 bits per heavy atom. The smallest absolute Gasteiger partial charge is 0.115 e. The number of pyridine rings is 1. The molecule has 1 aromatic heterocycles. The van der Waals surface area contributed by atoms with Crippen LogP contribution in [0, 0.1) is 0 Å². The number of phenols is 1. The van der Waals surface area contributed by atoms with Gasteiger partial charge in [-0.3, -0.25) is 4.98 Å². The number of nitrogens with zero attached hydrogens (tertiary/aromatic N) is 2. The van der Waals surface area contributed by atoms with E-state index in [9.17, 15) is 10.2 Å². The molecule has 2 heterocycles. The van der Waals surface area contributed by atoms with E-state index in [0.717, 1.165) is 48.0 Å². The summed E-state index contributed by atoms with van der Waals surface area (Å²) in [6.45, 7) is 0.949. The number of phenolic OH excluding ortho intramolecular Hbond substituents is 1. The molecule has 0 amide bonds. The molecule has 4 heteroatoms. The first-order valence-corrected chi connectivity index (χ1v) is 10.1. The molecule has 6 rings (SSSR count). The number of piperidine rings is 1. The maximum absolute atomic E-state index is 12.2. The molecule has 1 saturated heterocycles. The molecule has 2 N–H and O–H groups in total. The van der Waals surface area contributed by atoms with Crippen molar-refractivity contribution in [3.63, 3.8) is 0 Å². The topological polar surface area (TPSA) is 56.6 Å². The van der Waals surface area contributed by atoms with Crippen LogP contribution < -0.4 is 0 Å². The molecule has 3 atom stereocenters. The highest BCUT2D eigenvalue weighted by Crippen LogP contribution is 2.56. The van der Waals surface area contributed by atoms with Crippen molar-refractivity contribution in [1.82, 2.24) is 9.88 Å². The number of rotatable bonds is 0. The van der Waals surface area contributed by atoms with Gasteiger partial charge in [0.2, 0.25) is 0 Å². The fraction of sp³-hybridized carbons (Fsp3) is 0.375. The summed E-state index contributed by atoms with van der Waals surface area (Å²) in [6, 6.07) is 16.2. The van der Waals surface area contributed by atoms with Gasteiger partial charge in [0, 0.05) is 35.4 Å². The molecule has 0 unspecified atom stereocenters. The highest BCUT2D eigenvalue weighted by molar-refractivity contribution is 5.79. The van der Waals surface area contributed by atoms with Crippen LogP contribution in [0.1, 0.15) is 28.8 Å². The van der Waals surface area contributed by atoms with Crippen LogP contribution >= 0.6 is 0 Å². The molecular formula is C24H24N2O2. The number of aliphatic hydroxyl groups is 1. The molecule has 3 aliphatic rings. The minimum absolute atomic E-state index is 0.0814. The number of aromatic hydroxyl groups is 1. The lowest BCUT2D eigenvalue weighted by Crippen LogP contribution is -2.73. The predicted molar refractivity (Wildman–Crippen MR) is 109 cm³/mol. The Balaban J connectivity index is 1.63. The molecule has 0 spiro atoms. The standard InChI is InChI=1S/C24H24N2O2/c1-26-9-8-23-14-21-17(10-16-4-2-3-5-20(16)25-21)13-24(23,28)22(26)11-15-6-7-18(27)12-19(15)23/h2-7,10,12,22,27-28H,8-9,11,13-14H2,1H3/t22-,23+,24+/m0/s1. The number of benzene rings is 2. The quantitative estimate of drug-likeness (QED) is 0.637. The van der Waals surface area contributed by atoms with Gasteiger partial charge in [-0.2, -0.15) is 0 Å². The van der Waals surface area contributed by atoms with E-state index in [2.05, 4.69) is 30.1 Å². The van der Waals surface area contributed by atoms with Crippen molar-refractivity contribution in [3.05, 3.63) is 70.9 Å². The van der Waals surface area contributed by atoms with Gasteiger partial charge in [-0.25, -0.2) is 0 Å². The summed E-state index contributed by atoms with van der Waals surface area (Å²) in [5, 5.41) is 23.6. The summed E-state index contributed by atoms with van der Waals surface area (Å²) in [6.07, 6.45) is 3.04. The number of para-hydroxylation sites is 1. The van der Waals surface area contributed by atoms with Crippen LogP contribution in [-0.4, -0.2) is 45.3 Å². The molecule has 1 aliphatic heterocycles. The average molecular weight is 372 g/mol. The van der Waals surface area contributed by atoms with Crippen molar-refractivity contribution < 1.29 is 10.2 Å². The van der Waals surface area contributed by atoms with E-state index in [0.29, 0.717) is 6.42 Å². The van der Waals surface area contributed by atoms with Gasteiger partial charge in [-0.05, 0) is 67.4 Å². The second-order valence-electron chi connectivity index (χ2n) is 8.94. The molecule has 1 fully saturated rings. The Labute approximate surface area is 164 Å². The third-order valence-corrected chi connectivity index (χ3v) is 7.65. The third-order valence-electron chi connectivity index (χ3n) is 7.65. The molecule has 2 aliphatic carbocycles. The van der Waals surface area contributed by atoms with Gasteiger partial charge in [0.25, 0.3) is 0 Å². The molecule has 3 aromatic rings. The van der Waals surface area contributed by atoms with Crippen molar-refractivity contribution >= 4 is 10.9 Å². The van der Waals surface area contributed by atoms with Crippen LogP contribution in [-0.2, 0) is 24.7 Å². The SMILES string of the molecule is CN1CC[C@]23Cc4nc5ccccc5cc4C[C@@]2(O)[C@@H]1Cc1ccc(O)cc13. The van der Waals surface area contributed by atoms with E-state index in [1.54, 1.807) is 6.07 Å². The van der Waals surface area contributed by atoms with Gasteiger partial charge in [0.05, 0.1) is 11.1 Å². The van der Waals surface area contributed by atoms with Crippen LogP contribution in [0.4, 0.5) is 0 Å². The number of fused-ring (bicyclic) bond motifs is 3. The molecule has 28 heavy (non-hydrogen) atoms. The van der Waals surface area contributed by atoms with E-state index in [4.69, 9.17) is 4.98 Å². The van der Waals surface area contributed by atoms with Crippen molar-refractivity contribution in [2.75, 3.05) is 13.6 Å². The summed E-state index contributed by atoms with van der Waals surface area (Å²) < 4.78 is 0. The zero-order chi connectivity index (χ0) is 19.1. The van der Waals surface area contributed by atoms with Crippen LogP contribution in [0.5, 0.6) is 5.75 Å². The van der Waals surface area contributed by atoms with Gasteiger partial charge >= 0.3 is 0 Å². The average Bonchev–Trinajstić information content (AvgIpc) is 2.68. The van der Waals surface area contributed by atoms with E-state index >= 15 is 0 Å². The highest BCUT2D eigenvalue weighted by Gasteiger charge is 2.64. The van der Waals surface area contributed by atoms with Crippen LogP contribution in [0.3, 0.4) is 0 Å². The second kappa shape index (κ2) is 5.34. The molecule has 2 aromatic carbocycles. The van der Waals surface area contributed by atoms with Crippen molar-refractivity contribution in [2.24, 2.45) is 0 Å². The first kappa shape index (κ1) is 16.5. The number of hydrogen-bond acceptors (Lipinski definition) is 4. The van der Waals surface area contributed by atoms with Gasteiger partial charge in [0.15, 0.2) is 0 Å². The third kappa shape index (κ3) is 1.94. The zero-order valence-electron chi connectivity index (χ0n) is 16.0. The normalized spacial score (nSPS) is 31.1. The predicted octanol–water partition coefficient (Wildman–Crippen LogP) is 2.97. The lowest BCUT2D eigenvalue weighted by molar-refractivity contribution is -0.145.